The smallest absolute Gasteiger partial charge is 0.416 e. The van der Waals surface area contributed by atoms with Gasteiger partial charge in [-0.1, -0.05) is 18.2 Å². The van der Waals surface area contributed by atoms with E-state index >= 15 is 0 Å². The first-order chi connectivity index (χ1) is 16.2. The predicted molar refractivity (Wildman–Crippen MR) is 131 cm³/mol. The maximum Gasteiger partial charge on any atom is 0.416 e. The molecule has 0 aromatic heterocycles. The van der Waals surface area contributed by atoms with Gasteiger partial charge in [-0.2, -0.15) is 26.3 Å². The van der Waals surface area contributed by atoms with Crippen molar-refractivity contribution in [3.8, 4) is 5.75 Å². The molecule has 1 amide bonds. The molecule has 0 aliphatic rings. The number of para-hydroxylation sites is 1. The highest BCUT2D eigenvalue weighted by Crippen LogP contribution is 2.37. The summed E-state index contributed by atoms with van der Waals surface area (Å²) in [4.78, 5) is 14.1. The lowest BCUT2D eigenvalue weighted by Gasteiger charge is -2.32. The van der Waals surface area contributed by atoms with E-state index in [0.29, 0.717) is 23.4 Å². The lowest BCUT2D eigenvalue weighted by atomic mass is 10.0. The first-order valence-corrected chi connectivity index (χ1v) is 18.0. The number of hydrogen-bond acceptors (Lipinski definition) is 3. The molecule has 0 radical (unpaired) electrons. The summed E-state index contributed by atoms with van der Waals surface area (Å²) < 4.78 is 92.2. The molecule has 200 valence electrons. The van der Waals surface area contributed by atoms with E-state index in [0.717, 1.165) is 4.90 Å². The highest BCUT2D eigenvalue weighted by molar-refractivity contribution is 6.70. The van der Waals surface area contributed by atoms with Crippen molar-refractivity contribution in [2.24, 2.45) is 0 Å². The van der Waals surface area contributed by atoms with Crippen molar-refractivity contribution in [2.45, 2.75) is 57.7 Å². The van der Waals surface area contributed by atoms with Crippen molar-refractivity contribution in [1.82, 2.24) is 4.90 Å². The minimum atomic E-state index is -5.05. The Morgan fingerprint density at radius 2 is 1.36 bits per heavy atom. The first kappa shape index (κ1) is 29.9. The van der Waals surface area contributed by atoms with Crippen LogP contribution in [0.25, 0.3) is 0 Å². The Morgan fingerprint density at radius 1 is 0.861 bits per heavy atom. The third kappa shape index (κ3) is 8.66. The Bertz CT molecular complexity index is 1040. The predicted octanol–water partition coefficient (Wildman–Crippen LogP) is 7.60. The Hall–Kier alpha value is -2.32. The van der Waals surface area contributed by atoms with Gasteiger partial charge < -0.3 is 13.8 Å². The molecule has 12 heteroatoms. The lowest BCUT2D eigenvalue weighted by Crippen LogP contribution is -2.37. The van der Waals surface area contributed by atoms with Gasteiger partial charge in [-0.3, -0.25) is 4.79 Å². The van der Waals surface area contributed by atoms with Crippen LogP contribution in [-0.4, -0.2) is 41.0 Å². The fourth-order valence-corrected chi connectivity index (χ4v) is 5.33. The average molecular weight is 552 g/mol. The zero-order chi connectivity index (χ0) is 27.7. The van der Waals surface area contributed by atoms with Crippen LogP contribution in [0.15, 0.2) is 42.5 Å². The summed E-state index contributed by atoms with van der Waals surface area (Å²) in [6.45, 7) is 11.7. The number of benzene rings is 2. The molecule has 0 spiro atoms. The second-order valence-electron chi connectivity index (χ2n) is 10.5. The van der Waals surface area contributed by atoms with Gasteiger partial charge >= 0.3 is 12.4 Å². The molecule has 0 aliphatic carbocycles. The number of carbonyl (C=O) groups excluding carboxylic acids is 1. The number of carbonyl (C=O) groups is 1. The molecule has 4 nitrogen and oxygen atoms in total. The number of alkyl halides is 6. The van der Waals surface area contributed by atoms with Gasteiger partial charge in [-0.05, 0) is 63.5 Å². The highest BCUT2D eigenvalue weighted by atomic mass is 28.4. The normalized spacial score (nSPS) is 13.9. The monoisotopic (exact) mass is 551 g/mol. The van der Waals surface area contributed by atoms with Gasteiger partial charge in [0.1, 0.15) is 5.75 Å². The summed E-state index contributed by atoms with van der Waals surface area (Å²) >= 11 is 0. The molecule has 0 heterocycles. The summed E-state index contributed by atoms with van der Waals surface area (Å²) in [6.07, 6.45) is -10.8. The minimum absolute atomic E-state index is 0.00211. The molecule has 2 aromatic rings. The van der Waals surface area contributed by atoms with Crippen LogP contribution in [0.1, 0.15) is 33.2 Å². The van der Waals surface area contributed by atoms with E-state index in [9.17, 15) is 31.1 Å². The van der Waals surface area contributed by atoms with Crippen molar-refractivity contribution in [2.75, 3.05) is 13.6 Å². The van der Waals surface area contributed by atoms with E-state index in [1.807, 2.05) is 39.3 Å². The van der Waals surface area contributed by atoms with Crippen LogP contribution < -0.4 is 4.43 Å². The fourth-order valence-electron chi connectivity index (χ4n) is 3.43. The summed E-state index contributed by atoms with van der Waals surface area (Å²) in [7, 11) is -2.93. The van der Waals surface area contributed by atoms with Gasteiger partial charge in [-0.15, -0.1) is 0 Å². The van der Waals surface area contributed by atoms with E-state index in [-0.39, 0.29) is 12.6 Å². The zero-order valence-corrected chi connectivity index (χ0v) is 23.3. The second kappa shape index (κ2) is 10.6. The molecule has 0 N–H and O–H groups in total. The van der Waals surface area contributed by atoms with Crippen molar-refractivity contribution < 1.29 is 40.0 Å². The van der Waals surface area contributed by atoms with Gasteiger partial charge in [0.25, 0.3) is 5.91 Å². The molecule has 0 saturated heterocycles. The van der Waals surface area contributed by atoms with Gasteiger partial charge in [0.05, 0.1) is 17.2 Å². The van der Waals surface area contributed by atoms with E-state index in [1.165, 1.54) is 7.05 Å². The third-order valence-electron chi connectivity index (χ3n) is 4.80. The Balaban J connectivity index is 2.48. The maximum atomic E-state index is 13.3. The SMILES string of the molecule is CN(CC(O[Si](C)(C)C)c1ccccc1O[Si](C)(C)C)C(=O)c1cc(C(F)(F)F)cc(C(F)(F)F)c1. The Labute approximate surface area is 209 Å². The van der Waals surface area contributed by atoms with Crippen molar-refractivity contribution in [1.29, 1.82) is 0 Å². The minimum Gasteiger partial charge on any atom is -0.544 e. The van der Waals surface area contributed by atoms with Crippen molar-refractivity contribution >= 4 is 22.5 Å². The molecule has 0 saturated carbocycles. The largest absolute Gasteiger partial charge is 0.544 e. The molecule has 0 bridgehead atoms. The Morgan fingerprint density at radius 3 is 1.81 bits per heavy atom. The number of halogens is 6. The molecular formula is C24H31F6NO3Si2. The van der Waals surface area contributed by atoms with Gasteiger partial charge in [0, 0.05) is 24.7 Å². The quantitative estimate of drug-likeness (QED) is 0.250. The van der Waals surface area contributed by atoms with E-state index in [1.54, 1.807) is 24.3 Å². The topological polar surface area (TPSA) is 38.8 Å². The standard InChI is InChI=1S/C24H31F6NO3Si2/c1-31(22(32)16-12-17(23(25,26)27)14-18(13-16)24(28,29)30)15-21(34-36(5,6)7)19-10-8-9-11-20(19)33-35(2,3)4/h8-14,21H,15H2,1-7H3. The average Bonchev–Trinajstić information content (AvgIpc) is 2.69. The van der Waals surface area contributed by atoms with Crippen molar-refractivity contribution in [3.63, 3.8) is 0 Å². The van der Waals surface area contributed by atoms with Crippen LogP contribution in [0.2, 0.25) is 39.3 Å². The maximum absolute atomic E-state index is 13.3. The number of rotatable bonds is 8. The lowest BCUT2D eigenvalue weighted by molar-refractivity contribution is -0.143. The molecule has 1 atom stereocenters. The fraction of sp³-hybridized carbons (Fsp3) is 0.458. The highest BCUT2D eigenvalue weighted by Gasteiger charge is 2.38. The molecule has 2 rings (SSSR count). The summed E-state index contributed by atoms with van der Waals surface area (Å²) in [5.41, 5.74) is -3.14. The van der Waals surface area contributed by atoms with Crippen LogP contribution in [-0.2, 0) is 16.8 Å². The molecule has 36 heavy (non-hydrogen) atoms. The number of nitrogens with zero attached hydrogens (tertiary/aromatic N) is 1. The zero-order valence-electron chi connectivity index (χ0n) is 21.3. The van der Waals surface area contributed by atoms with E-state index < -0.39 is 57.7 Å². The molecule has 0 fully saturated rings. The number of amides is 1. The number of likely N-dealkylation sites (N-methyl/N-ethyl adjacent to an activating group) is 1. The second-order valence-corrected chi connectivity index (χ2v) is 19.3. The van der Waals surface area contributed by atoms with Crippen LogP contribution in [0.3, 0.4) is 0 Å². The van der Waals surface area contributed by atoms with Gasteiger partial charge in [-0.25, -0.2) is 0 Å². The van der Waals surface area contributed by atoms with E-state index in [4.69, 9.17) is 8.85 Å². The summed E-state index contributed by atoms with van der Waals surface area (Å²) in [6, 6.07) is 7.99. The van der Waals surface area contributed by atoms with Crippen molar-refractivity contribution in [3.05, 3.63) is 64.7 Å². The molecule has 2 aromatic carbocycles. The summed E-state index contributed by atoms with van der Waals surface area (Å²) in [5, 5.41) is 0. The van der Waals surface area contributed by atoms with Crippen LogP contribution in [0.4, 0.5) is 26.3 Å². The Kier molecular flexibility index (Phi) is 8.79. The molecule has 0 aliphatic heterocycles. The summed E-state index contributed by atoms with van der Waals surface area (Å²) in [5.74, 6) is -0.418. The number of hydrogen-bond donors (Lipinski definition) is 0. The van der Waals surface area contributed by atoms with Gasteiger partial charge in [0.2, 0.25) is 8.32 Å². The van der Waals surface area contributed by atoms with Crippen LogP contribution in [0, 0.1) is 0 Å². The third-order valence-corrected chi connectivity index (χ3v) is 6.62. The van der Waals surface area contributed by atoms with E-state index in [2.05, 4.69) is 0 Å². The molecular weight excluding hydrogens is 520 g/mol. The first-order valence-electron chi connectivity index (χ1n) is 11.2. The van der Waals surface area contributed by atoms with Gasteiger partial charge in [0.15, 0.2) is 8.32 Å². The van der Waals surface area contributed by atoms with Crippen LogP contribution >= 0.6 is 0 Å². The van der Waals surface area contributed by atoms with Crippen LogP contribution in [0.5, 0.6) is 5.75 Å². The molecule has 1 unspecified atom stereocenters.